The van der Waals surface area contributed by atoms with Crippen molar-refractivity contribution in [3.05, 3.63) is 28.8 Å². The molecule has 0 aliphatic carbocycles. The Labute approximate surface area is 139 Å². The van der Waals surface area contributed by atoms with Gasteiger partial charge in [-0.3, -0.25) is 0 Å². The topological polar surface area (TPSA) is 17.8 Å². The zero-order valence-electron chi connectivity index (χ0n) is 12.4. The maximum absolute atomic E-state index is 13.8. The fourth-order valence-corrected chi connectivity index (χ4v) is 3.76. The monoisotopic (exact) mass is 348 g/mol. The quantitative estimate of drug-likeness (QED) is 0.642. The lowest BCUT2D eigenvalue weighted by atomic mass is 10.0. The average molecular weight is 349 g/mol. The van der Waals surface area contributed by atoms with E-state index in [1.165, 1.54) is 6.07 Å². The van der Waals surface area contributed by atoms with Gasteiger partial charge >= 0.3 is 0 Å². The van der Waals surface area contributed by atoms with Crippen molar-refractivity contribution < 1.29 is 4.39 Å². The Balaban J connectivity index is 2.58. The number of fused-ring (bicyclic) bond motifs is 1. The second kappa shape index (κ2) is 6.76. The van der Waals surface area contributed by atoms with Crippen molar-refractivity contribution >= 4 is 46.0 Å². The zero-order chi connectivity index (χ0) is 15.6. The molecule has 0 N–H and O–H groups in total. The molecule has 2 nitrogen and oxygen atoms in total. The molecule has 0 spiro atoms. The fourth-order valence-electron chi connectivity index (χ4n) is 2.56. The third-order valence-electron chi connectivity index (χ3n) is 4.16. The second-order valence-corrected chi connectivity index (χ2v) is 7.05. The van der Waals surface area contributed by atoms with Gasteiger partial charge in [0.25, 0.3) is 0 Å². The first-order chi connectivity index (χ1) is 10.00. The molecular formula is C15H19Cl2FN2S. The van der Waals surface area contributed by atoms with Crippen LogP contribution in [0.2, 0.25) is 5.02 Å². The standard InChI is InChI=1S/C15H19Cl2FN2S/c1-4-15(5-2,21-3)9-20-13-7-11(18)10(17)6-12(13)19-14(20)8-16/h6-7H,4-5,8-9H2,1-3H3. The van der Waals surface area contributed by atoms with Gasteiger partial charge in [0.05, 0.1) is 21.9 Å². The van der Waals surface area contributed by atoms with Gasteiger partial charge in [-0.05, 0) is 25.2 Å². The molecule has 1 aromatic carbocycles. The number of halogens is 3. The molecule has 2 rings (SSSR count). The lowest BCUT2D eigenvalue weighted by molar-refractivity contribution is 0.466. The van der Waals surface area contributed by atoms with Crippen LogP contribution in [0.15, 0.2) is 12.1 Å². The number of aromatic nitrogens is 2. The molecule has 2 aromatic rings. The minimum Gasteiger partial charge on any atom is -0.325 e. The Morgan fingerprint density at radius 2 is 2.00 bits per heavy atom. The Kier molecular flexibility index (Phi) is 5.44. The van der Waals surface area contributed by atoms with E-state index in [9.17, 15) is 4.39 Å². The molecule has 0 unspecified atom stereocenters. The van der Waals surface area contributed by atoms with Crippen LogP contribution in [0.5, 0.6) is 0 Å². The number of benzene rings is 1. The van der Waals surface area contributed by atoms with E-state index in [4.69, 9.17) is 23.2 Å². The molecular weight excluding hydrogens is 330 g/mol. The maximum Gasteiger partial charge on any atom is 0.144 e. The summed E-state index contributed by atoms with van der Waals surface area (Å²) in [5, 5.41) is 0.0929. The van der Waals surface area contributed by atoms with E-state index in [2.05, 4.69) is 25.1 Å². The summed E-state index contributed by atoms with van der Waals surface area (Å²) in [5.74, 6) is 0.633. The predicted molar refractivity (Wildman–Crippen MR) is 91.1 cm³/mol. The van der Waals surface area contributed by atoms with Crippen molar-refractivity contribution in [1.82, 2.24) is 9.55 Å². The van der Waals surface area contributed by atoms with Gasteiger partial charge < -0.3 is 4.57 Å². The maximum atomic E-state index is 13.8. The number of imidazole rings is 1. The summed E-state index contributed by atoms with van der Waals surface area (Å²) in [6.07, 6.45) is 4.17. The molecule has 116 valence electrons. The molecule has 0 fully saturated rings. The summed E-state index contributed by atoms with van der Waals surface area (Å²) in [6, 6.07) is 3.02. The van der Waals surface area contributed by atoms with E-state index in [1.807, 2.05) is 16.3 Å². The van der Waals surface area contributed by atoms with E-state index < -0.39 is 5.82 Å². The van der Waals surface area contributed by atoms with Crippen molar-refractivity contribution in [2.75, 3.05) is 6.26 Å². The Hall–Kier alpha value is -0.450. The first-order valence-electron chi connectivity index (χ1n) is 6.95. The minimum atomic E-state index is -0.422. The molecule has 0 atom stereocenters. The second-order valence-electron chi connectivity index (χ2n) is 5.10. The highest BCUT2D eigenvalue weighted by atomic mass is 35.5. The molecule has 1 aromatic heterocycles. The van der Waals surface area contributed by atoms with E-state index in [-0.39, 0.29) is 9.77 Å². The van der Waals surface area contributed by atoms with Crippen LogP contribution in [0.25, 0.3) is 11.0 Å². The molecule has 0 radical (unpaired) electrons. The van der Waals surface area contributed by atoms with Crippen molar-refractivity contribution in [3.63, 3.8) is 0 Å². The van der Waals surface area contributed by atoms with Gasteiger partial charge in [-0.2, -0.15) is 11.8 Å². The van der Waals surface area contributed by atoms with Gasteiger partial charge in [0.2, 0.25) is 0 Å². The highest BCUT2D eigenvalue weighted by Gasteiger charge is 2.27. The summed E-state index contributed by atoms with van der Waals surface area (Å²) in [5.41, 5.74) is 1.45. The van der Waals surface area contributed by atoms with Crippen LogP contribution >= 0.6 is 35.0 Å². The SMILES string of the molecule is CCC(CC)(Cn1c(CCl)nc2cc(Cl)c(F)cc21)SC. The number of hydrogen-bond acceptors (Lipinski definition) is 2. The third-order valence-corrected chi connectivity index (χ3v) is 6.26. The molecule has 0 aliphatic rings. The number of hydrogen-bond donors (Lipinski definition) is 0. The van der Waals surface area contributed by atoms with Crippen LogP contribution in [0.1, 0.15) is 32.5 Å². The van der Waals surface area contributed by atoms with E-state index in [0.717, 1.165) is 30.7 Å². The highest BCUT2D eigenvalue weighted by molar-refractivity contribution is 8.00. The fraction of sp³-hybridized carbons (Fsp3) is 0.533. The van der Waals surface area contributed by atoms with Gasteiger partial charge in [0, 0.05) is 17.4 Å². The summed E-state index contributed by atoms with van der Waals surface area (Å²) in [7, 11) is 0. The number of nitrogens with zero attached hydrogens (tertiary/aromatic N) is 2. The molecule has 6 heteroatoms. The van der Waals surface area contributed by atoms with Crippen LogP contribution in [0.4, 0.5) is 4.39 Å². The predicted octanol–water partition coefficient (Wildman–Crippen LogP) is 5.49. The highest BCUT2D eigenvalue weighted by Crippen LogP contribution is 2.35. The van der Waals surface area contributed by atoms with Crippen molar-refractivity contribution in [2.45, 2.75) is 43.9 Å². The van der Waals surface area contributed by atoms with E-state index in [0.29, 0.717) is 11.4 Å². The zero-order valence-corrected chi connectivity index (χ0v) is 14.7. The first-order valence-corrected chi connectivity index (χ1v) is 9.09. The molecule has 0 saturated heterocycles. The number of alkyl halides is 1. The molecule has 0 aliphatic heterocycles. The van der Waals surface area contributed by atoms with Crippen molar-refractivity contribution in [1.29, 1.82) is 0 Å². The van der Waals surface area contributed by atoms with Crippen LogP contribution in [-0.2, 0) is 12.4 Å². The van der Waals surface area contributed by atoms with Gasteiger partial charge in [0.15, 0.2) is 0 Å². The van der Waals surface area contributed by atoms with Crippen LogP contribution in [-0.4, -0.2) is 20.6 Å². The van der Waals surface area contributed by atoms with Gasteiger partial charge in [-0.25, -0.2) is 9.37 Å². The Morgan fingerprint density at radius 3 is 2.52 bits per heavy atom. The largest absolute Gasteiger partial charge is 0.325 e. The van der Waals surface area contributed by atoms with Gasteiger partial charge in [-0.1, -0.05) is 25.4 Å². The van der Waals surface area contributed by atoms with Gasteiger partial charge in [0.1, 0.15) is 11.6 Å². The summed E-state index contributed by atoms with van der Waals surface area (Å²) in [4.78, 5) is 4.49. The first kappa shape index (κ1) is 16.9. The van der Waals surface area contributed by atoms with Crippen LogP contribution < -0.4 is 0 Å². The number of thioether (sulfide) groups is 1. The molecule has 0 saturated carbocycles. The third kappa shape index (κ3) is 3.17. The lowest BCUT2D eigenvalue weighted by Gasteiger charge is -2.31. The number of rotatable bonds is 6. The average Bonchev–Trinajstić information content (AvgIpc) is 2.82. The lowest BCUT2D eigenvalue weighted by Crippen LogP contribution is -2.29. The van der Waals surface area contributed by atoms with E-state index in [1.54, 1.807) is 6.07 Å². The smallest absolute Gasteiger partial charge is 0.144 e. The normalized spacial score (nSPS) is 12.3. The Bertz CT molecular complexity index is 630. The summed E-state index contributed by atoms with van der Waals surface area (Å²) < 4.78 is 15.9. The van der Waals surface area contributed by atoms with E-state index >= 15 is 0 Å². The molecule has 0 amide bonds. The van der Waals surface area contributed by atoms with Crippen LogP contribution in [0, 0.1) is 5.82 Å². The Morgan fingerprint density at radius 1 is 1.33 bits per heavy atom. The molecule has 0 bridgehead atoms. The summed E-state index contributed by atoms with van der Waals surface area (Å²) in [6.45, 7) is 5.12. The molecule has 21 heavy (non-hydrogen) atoms. The minimum absolute atomic E-state index is 0.0929. The van der Waals surface area contributed by atoms with Crippen LogP contribution in [0.3, 0.4) is 0 Å². The molecule has 1 heterocycles. The van der Waals surface area contributed by atoms with Crippen molar-refractivity contribution in [3.8, 4) is 0 Å². The van der Waals surface area contributed by atoms with Crippen molar-refractivity contribution in [2.24, 2.45) is 0 Å². The summed E-state index contributed by atoms with van der Waals surface area (Å²) >= 11 is 13.7. The van der Waals surface area contributed by atoms with Gasteiger partial charge in [-0.15, -0.1) is 11.6 Å².